The lowest BCUT2D eigenvalue weighted by Crippen LogP contribution is -2.08. The summed E-state index contributed by atoms with van der Waals surface area (Å²) in [6, 6.07) is 6.27. The van der Waals surface area contributed by atoms with E-state index < -0.39 is 0 Å². The second kappa shape index (κ2) is 6.50. The van der Waals surface area contributed by atoms with Crippen LogP contribution in [0.3, 0.4) is 0 Å². The van der Waals surface area contributed by atoms with Crippen molar-refractivity contribution in [3.8, 4) is 0 Å². The molecule has 3 heteroatoms. The molecule has 2 nitrogen and oxygen atoms in total. The van der Waals surface area contributed by atoms with E-state index in [1.54, 1.807) is 18.7 Å². The van der Waals surface area contributed by atoms with Gasteiger partial charge in [-0.3, -0.25) is 0 Å². The van der Waals surface area contributed by atoms with Gasteiger partial charge in [-0.05, 0) is 44.0 Å². The first-order valence-corrected chi connectivity index (χ1v) is 6.58. The standard InChI is InChI=1S/C14H18O2S/c1-5-16-14(15)12(4)9-17-13-7-6-10(2)11(3)8-13/h6-8H,4-5,9H2,1-3H3. The third-order valence-corrected chi connectivity index (χ3v) is 3.54. The van der Waals surface area contributed by atoms with Gasteiger partial charge >= 0.3 is 5.97 Å². The van der Waals surface area contributed by atoms with Crippen LogP contribution in [0.15, 0.2) is 35.2 Å². The summed E-state index contributed by atoms with van der Waals surface area (Å²) in [4.78, 5) is 12.5. The van der Waals surface area contributed by atoms with Gasteiger partial charge in [0.1, 0.15) is 0 Å². The van der Waals surface area contributed by atoms with E-state index in [0.717, 1.165) is 4.90 Å². The van der Waals surface area contributed by atoms with Gasteiger partial charge in [0, 0.05) is 16.2 Å². The molecule has 0 fully saturated rings. The Kier molecular flexibility index (Phi) is 5.29. The number of thioether (sulfide) groups is 1. The first-order chi connectivity index (χ1) is 8.04. The Morgan fingerprint density at radius 3 is 2.65 bits per heavy atom. The lowest BCUT2D eigenvalue weighted by Gasteiger charge is -2.07. The van der Waals surface area contributed by atoms with Crippen molar-refractivity contribution < 1.29 is 9.53 Å². The van der Waals surface area contributed by atoms with Crippen LogP contribution >= 0.6 is 11.8 Å². The normalized spacial score (nSPS) is 10.1. The molecule has 0 saturated carbocycles. The van der Waals surface area contributed by atoms with E-state index in [2.05, 4.69) is 38.6 Å². The molecular weight excluding hydrogens is 232 g/mol. The van der Waals surface area contributed by atoms with Crippen LogP contribution in [-0.4, -0.2) is 18.3 Å². The molecule has 0 radical (unpaired) electrons. The van der Waals surface area contributed by atoms with Crippen LogP contribution in [0.4, 0.5) is 0 Å². The summed E-state index contributed by atoms with van der Waals surface area (Å²) in [7, 11) is 0. The van der Waals surface area contributed by atoms with Crippen LogP contribution in [0.25, 0.3) is 0 Å². The molecule has 0 atom stereocenters. The lowest BCUT2D eigenvalue weighted by molar-refractivity contribution is -0.138. The highest BCUT2D eigenvalue weighted by Gasteiger charge is 2.08. The topological polar surface area (TPSA) is 26.3 Å². The predicted octanol–water partition coefficient (Wildman–Crippen LogP) is 3.51. The summed E-state index contributed by atoms with van der Waals surface area (Å²) in [6.45, 7) is 10.1. The van der Waals surface area contributed by atoms with E-state index in [1.165, 1.54) is 11.1 Å². The molecule has 1 aromatic rings. The van der Waals surface area contributed by atoms with Crippen molar-refractivity contribution in [2.75, 3.05) is 12.4 Å². The number of aryl methyl sites for hydroxylation is 2. The van der Waals surface area contributed by atoms with Crippen molar-refractivity contribution in [3.05, 3.63) is 41.5 Å². The summed E-state index contributed by atoms with van der Waals surface area (Å²) in [5.41, 5.74) is 3.05. The highest BCUT2D eigenvalue weighted by atomic mass is 32.2. The van der Waals surface area contributed by atoms with Crippen LogP contribution in [0.1, 0.15) is 18.1 Å². The maximum Gasteiger partial charge on any atom is 0.334 e. The third kappa shape index (κ3) is 4.27. The average Bonchev–Trinajstić information content (AvgIpc) is 2.30. The van der Waals surface area contributed by atoms with Crippen molar-refractivity contribution in [2.45, 2.75) is 25.7 Å². The van der Waals surface area contributed by atoms with E-state index in [4.69, 9.17) is 4.74 Å². The first kappa shape index (κ1) is 13.8. The smallest absolute Gasteiger partial charge is 0.334 e. The molecule has 0 saturated heterocycles. The van der Waals surface area contributed by atoms with Crippen LogP contribution in [0.2, 0.25) is 0 Å². The maximum absolute atomic E-state index is 11.4. The van der Waals surface area contributed by atoms with Gasteiger partial charge in [-0.15, -0.1) is 11.8 Å². The van der Waals surface area contributed by atoms with Gasteiger partial charge in [0.15, 0.2) is 0 Å². The molecular formula is C14H18O2S. The number of carbonyl (C=O) groups excluding carboxylic acids is 1. The Morgan fingerprint density at radius 1 is 1.35 bits per heavy atom. The monoisotopic (exact) mass is 250 g/mol. The number of benzene rings is 1. The SMILES string of the molecule is C=C(CSc1ccc(C)c(C)c1)C(=O)OCC. The Balaban J connectivity index is 2.53. The van der Waals surface area contributed by atoms with Gasteiger partial charge in [0.2, 0.25) is 0 Å². The number of rotatable bonds is 5. The van der Waals surface area contributed by atoms with E-state index in [9.17, 15) is 4.79 Å². The fraction of sp³-hybridized carbons (Fsp3) is 0.357. The molecule has 0 bridgehead atoms. The number of ether oxygens (including phenoxy) is 1. The quantitative estimate of drug-likeness (QED) is 0.454. The predicted molar refractivity (Wildman–Crippen MR) is 72.4 cm³/mol. The molecule has 0 spiro atoms. The second-order valence-electron chi connectivity index (χ2n) is 3.86. The van der Waals surface area contributed by atoms with Crippen molar-refractivity contribution in [2.24, 2.45) is 0 Å². The molecule has 17 heavy (non-hydrogen) atoms. The van der Waals surface area contributed by atoms with E-state index in [-0.39, 0.29) is 5.97 Å². The number of hydrogen-bond donors (Lipinski definition) is 0. The molecule has 0 aromatic heterocycles. The van der Waals surface area contributed by atoms with E-state index >= 15 is 0 Å². The van der Waals surface area contributed by atoms with Crippen molar-refractivity contribution in [1.82, 2.24) is 0 Å². The number of esters is 1. The van der Waals surface area contributed by atoms with E-state index in [0.29, 0.717) is 17.9 Å². The summed E-state index contributed by atoms with van der Waals surface area (Å²) < 4.78 is 4.88. The third-order valence-electron chi connectivity index (χ3n) is 2.46. The van der Waals surface area contributed by atoms with Crippen molar-refractivity contribution >= 4 is 17.7 Å². The Labute approximate surface area is 107 Å². The average molecular weight is 250 g/mol. The second-order valence-corrected chi connectivity index (χ2v) is 4.91. The van der Waals surface area contributed by atoms with Gasteiger partial charge in [0.05, 0.1) is 6.61 Å². The number of carbonyl (C=O) groups is 1. The van der Waals surface area contributed by atoms with Crippen LogP contribution in [0, 0.1) is 13.8 Å². The molecule has 0 N–H and O–H groups in total. The largest absolute Gasteiger partial charge is 0.463 e. The summed E-state index contributed by atoms with van der Waals surface area (Å²) in [5, 5.41) is 0. The van der Waals surface area contributed by atoms with Gasteiger partial charge < -0.3 is 4.74 Å². The fourth-order valence-electron chi connectivity index (χ4n) is 1.27. The zero-order valence-corrected chi connectivity index (χ0v) is 11.4. The molecule has 0 aliphatic rings. The Hall–Kier alpha value is -1.22. The zero-order valence-electron chi connectivity index (χ0n) is 10.6. The summed E-state index contributed by atoms with van der Waals surface area (Å²) in [6.07, 6.45) is 0. The Morgan fingerprint density at radius 2 is 2.06 bits per heavy atom. The lowest BCUT2D eigenvalue weighted by atomic mass is 10.1. The summed E-state index contributed by atoms with van der Waals surface area (Å²) in [5.74, 6) is 0.269. The number of hydrogen-bond acceptors (Lipinski definition) is 3. The molecule has 0 amide bonds. The molecule has 1 aromatic carbocycles. The highest BCUT2D eigenvalue weighted by Crippen LogP contribution is 2.22. The molecule has 0 aliphatic heterocycles. The first-order valence-electron chi connectivity index (χ1n) is 5.59. The minimum atomic E-state index is -0.302. The summed E-state index contributed by atoms with van der Waals surface area (Å²) >= 11 is 1.61. The van der Waals surface area contributed by atoms with Crippen LogP contribution in [0.5, 0.6) is 0 Å². The molecule has 0 unspecified atom stereocenters. The van der Waals surface area contributed by atoms with E-state index in [1.807, 2.05) is 0 Å². The molecule has 1 rings (SSSR count). The molecule has 0 aliphatic carbocycles. The zero-order chi connectivity index (χ0) is 12.8. The minimum Gasteiger partial charge on any atom is -0.463 e. The molecule has 92 valence electrons. The van der Waals surface area contributed by atoms with Crippen molar-refractivity contribution in [1.29, 1.82) is 0 Å². The Bertz CT molecular complexity index is 424. The van der Waals surface area contributed by atoms with Gasteiger partial charge in [-0.1, -0.05) is 12.6 Å². The fourth-order valence-corrected chi connectivity index (χ4v) is 2.15. The highest BCUT2D eigenvalue weighted by molar-refractivity contribution is 7.99. The van der Waals surface area contributed by atoms with Gasteiger partial charge in [-0.25, -0.2) is 4.79 Å². The molecule has 0 heterocycles. The van der Waals surface area contributed by atoms with Crippen LogP contribution < -0.4 is 0 Å². The maximum atomic E-state index is 11.4. The van der Waals surface area contributed by atoms with Crippen LogP contribution in [-0.2, 0) is 9.53 Å². The van der Waals surface area contributed by atoms with Crippen molar-refractivity contribution in [3.63, 3.8) is 0 Å². The van der Waals surface area contributed by atoms with Gasteiger partial charge in [-0.2, -0.15) is 0 Å². The van der Waals surface area contributed by atoms with Gasteiger partial charge in [0.25, 0.3) is 0 Å². The minimum absolute atomic E-state index is 0.302.